The number of amides is 1. The van der Waals surface area contributed by atoms with Crippen molar-refractivity contribution < 1.29 is 23.8 Å². The van der Waals surface area contributed by atoms with E-state index >= 15 is 0 Å². The lowest BCUT2D eigenvalue weighted by molar-refractivity contribution is -0.139. The second-order valence-electron chi connectivity index (χ2n) is 7.84. The molecule has 2 aromatic carbocycles. The summed E-state index contributed by atoms with van der Waals surface area (Å²) in [6.45, 7) is 0.120. The molecule has 6 nitrogen and oxygen atoms in total. The number of thiophene rings is 1. The van der Waals surface area contributed by atoms with E-state index in [1.54, 1.807) is 23.5 Å². The minimum absolute atomic E-state index is 0.0175. The summed E-state index contributed by atoms with van der Waals surface area (Å²) >= 11 is 1.55. The number of hydrogen-bond donors (Lipinski definition) is 2. The first-order valence-electron chi connectivity index (χ1n) is 10.6. The van der Waals surface area contributed by atoms with Gasteiger partial charge in [-0.15, -0.1) is 0 Å². The van der Waals surface area contributed by atoms with Crippen molar-refractivity contribution in [1.82, 2.24) is 5.32 Å². The van der Waals surface area contributed by atoms with Crippen molar-refractivity contribution in [3.63, 3.8) is 0 Å². The first-order valence-corrected chi connectivity index (χ1v) is 11.5. The molecular formula is C26H21NO5S. The van der Waals surface area contributed by atoms with Gasteiger partial charge in [0.1, 0.15) is 24.2 Å². The molecule has 4 aromatic rings. The minimum atomic E-state index is -1.16. The maximum atomic E-state index is 12.5. The predicted octanol–water partition coefficient (Wildman–Crippen LogP) is 5.54. The normalized spacial score (nSPS) is 13.2. The molecular weight excluding hydrogens is 438 g/mol. The van der Waals surface area contributed by atoms with Crippen molar-refractivity contribution >= 4 is 23.4 Å². The van der Waals surface area contributed by atoms with Crippen molar-refractivity contribution in [2.45, 2.75) is 18.4 Å². The lowest BCUT2D eigenvalue weighted by Gasteiger charge is -2.17. The van der Waals surface area contributed by atoms with Gasteiger partial charge >= 0.3 is 12.1 Å². The lowest BCUT2D eigenvalue weighted by Crippen LogP contribution is -2.42. The molecule has 1 aliphatic rings. The van der Waals surface area contributed by atoms with Crippen LogP contribution in [0.25, 0.3) is 22.5 Å². The fraction of sp³-hybridized carbons (Fsp3) is 0.154. The largest absolute Gasteiger partial charge is 0.480 e. The highest BCUT2D eigenvalue weighted by molar-refractivity contribution is 7.08. The zero-order valence-corrected chi connectivity index (χ0v) is 18.4. The number of furan rings is 1. The van der Waals surface area contributed by atoms with E-state index in [9.17, 15) is 14.7 Å². The highest BCUT2D eigenvalue weighted by atomic mass is 32.1. The van der Waals surface area contributed by atoms with Crippen LogP contribution in [-0.2, 0) is 16.0 Å². The summed E-state index contributed by atoms with van der Waals surface area (Å²) in [6.07, 6.45) is -0.752. The van der Waals surface area contributed by atoms with Gasteiger partial charge in [-0.1, -0.05) is 48.5 Å². The first kappa shape index (κ1) is 21.0. The van der Waals surface area contributed by atoms with Gasteiger partial charge < -0.3 is 19.6 Å². The highest BCUT2D eigenvalue weighted by Gasteiger charge is 2.30. The monoisotopic (exact) mass is 459 g/mol. The van der Waals surface area contributed by atoms with Gasteiger partial charge in [-0.2, -0.15) is 11.3 Å². The summed E-state index contributed by atoms with van der Waals surface area (Å²) in [7, 11) is 0. The van der Waals surface area contributed by atoms with E-state index in [4.69, 9.17) is 9.15 Å². The smallest absolute Gasteiger partial charge is 0.407 e. The zero-order valence-electron chi connectivity index (χ0n) is 17.6. The van der Waals surface area contributed by atoms with Crippen LogP contribution in [0.1, 0.15) is 22.8 Å². The quantitative estimate of drug-likeness (QED) is 0.379. The van der Waals surface area contributed by atoms with Gasteiger partial charge in [-0.25, -0.2) is 9.59 Å². The molecule has 0 saturated heterocycles. The van der Waals surface area contributed by atoms with Crippen molar-refractivity contribution in [2.75, 3.05) is 6.61 Å². The number of alkyl carbamates (subject to hydrolysis) is 1. The first-order chi connectivity index (χ1) is 16.1. The zero-order chi connectivity index (χ0) is 22.8. The number of ether oxygens (including phenoxy) is 1. The number of carboxylic acid groups (broad SMARTS) is 1. The Morgan fingerprint density at radius 2 is 1.70 bits per heavy atom. The Hall–Kier alpha value is -3.84. The number of carboxylic acids is 1. The summed E-state index contributed by atoms with van der Waals surface area (Å²) < 4.78 is 11.2. The van der Waals surface area contributed by atoms with Gasteiger partial charge in [0.15, 0.2) is 0 Å². The SMILES string of the molecule is O=C(NC(Cc1ccc(-c2ccsc2)o1)C(=O)O)OCC1c2ccccc2-c2ccccc21. The van der Waals surface area contributed by atoms with Crippen molar-refractivity contribution in [3.8, 4) is 22.5 Å². The summed E-state index contributed by atoms with van der Waals surface area (Å²) in [5.74, 6) is -0.110. The van der Waals surface area contributed by atoms with E-state index in [-0.39, 0.29) is 18.9 Å². The lowest BCUT2D eigenvalue weighted by atomic mass is 9.98. The molecule has 2 aromatic heterocycles. The topological polar surface area (TPSA) is 88.8 Å². The Morgan fingerprint density at radius 3 is 2.33 bits per heavy atom. The Labute approximate surface area is 194 Å². The molecule has 0 saturated carbocycles. The van der Waals surface area contributed by atoms with Gasteiger partial charge in [0, 0.05) is 23.3 Å². The van der Waals surface area contributed by atoms with Crippen LogP contribution in [0.5, 0.6) is 0 Å². The number of carbonyl (C=O) groups excluding carboxylic acids is 1. The summed E-state index contributed by atoms with van der Waals surface area (Å²) in [6, 6.07) is 20.4. The molecule has 166 valence electrons. The van der Waals surface area contributed by atoms with Crippen LogP contribution in [-0.4, -0.2) is 29.8 Å². The average Bonchev–Trinajstić information content (AvgIpc) is 3.56. The minimum Gasteiger partial charge on any atom is -0.480 e. The Balaban J connectivity index is 1.24. The van der Waals surface area contributed by atoms with Gasteiger partial charge in [0.25, 0.3) is 0 Å². The average molecular weight is 460 g/mol. The van der Waals surface area contributed by atoms with E-state index in [1.807, 2.05) is 53.2 Å². The molecule has 2 N–H and O–H groups in total. The number of fused-ring (bicyclic) bond motifs is 3. The van der Waals surface area contributed by atoms with E-state index in [1.165, 1.54) is 0 Å². The molecule has 33 heavy (non-hydrogen) atoms. The van der Waals surface area contributed by atoms with Gasteiger partial charge in [-0.3, -0.25) is 0 Å². The number of rotatable bonds is 7. The third kappa shape index (κ3) is 4.27. The van der Waals surface area contributed by atoms with Crippen LogP contribution in [0, 0.1) is 0 Å². The van der Waals surface area contributed by atoms with Crippen LogP contribution in [0.4, 0.5) is 4.79 Å². The van der Waals surface area contributed by atoms with Crippen LogP contribution in [0.3, 0.4) is 0 Å². The Bertz CT molecular complexity index is 1250. The second kappa shape index (κ2) is 8.96. The molecule has 1 atom stereocenters. The summed E-state index contributed by atoms with van der Waals surface area (Å²) in [5, 5.41) is 16.0. The maximum absolute atomic E-state index is 12.5. The predicted molar refractivity (Wildman–Crippen MR) is 125 cm³/mol. The van der Waals surface area contributed by atoms with Crippen molar-refractivity contribution in [3.05, 3.63) is 94.4 Å². The summed E-state index contributed by atoms with van der Waals surface area (Å²) in [5.41, 5.74) is 5.38. The fourth-order valence-corrected chi connectivity index (χ4v) is 4.88. The molecule has 0 bridgehead atoms. The maximum Gasteiger partial charge on any atom is 0.407 e. The fourth-order valence-electron chi connectivity index (χ4n) is 4.23. The standard InChI is InChI=1S/C26H21NO5S/c28-25(29)23(13-17-9-10-24(32-17)16-11-12-33-15-16)27-26(30)31-14-22-20-7-3-1-5-18(20)19-6-2-4-8-21(19)22/h1-12,15,22-23H,13-14H2,(H,27,30)(H,28,29). The van der Waals surface area contributed by atoms with E-state index in [0.717, 1.165) is 27.8 Å². The highest BCUT2D eigenvalue weighted by Crippen LogP contribution is 2.44. The number of hydrogen-bond acceptors (Lipinski definition) is 5. The molecule has 1 aliphatic carbocycles. The Kier molecular flexibility index (Phi) is 5.71. The third-order valence-corrected chi connectivity index (χ3v) is 6.49. The summed E-state index contributed by atoms with van der Waals surface area (Å²) in [4.78, 5) is 24.2. The Morgan fingerprint density at radius 1 is 1.00 bits per heavy atom. The molecule has 0 spiro atoms. The molecule has 1 unspecified atom stereocenters. The molecule has 0 radical (unpaired) electrons. The number of carbonyl (C=O) groups is 2. The van der Waals surface area contributed by atoms with Crippen LogP contribution >= 0.6 is 11.3 Å². The molecule has 1 amide bonds. The van der Waals surface area contributed by atoms with E-state index < -0.39 is 18.1 Å². The van der Waals surface area contributed by atoms with Crippen LogP contribution in [0.2, 0.25) is 0 Å². The van der Waals surface area contributed by atoms with Crippen LogP contribution in [0.15, 0.2) is 81.9 Å². The van der Waals surface area contributed by atoms with E-state index in [0.29, 0.717) is 11.5 Å². The van der Waals surface area contributed by atoms with Gasteiger partial charge in [0.05, 0.1) is 0 Å². The van der Waals surface area contributed by atoms with Crippen molar-refractivity contribution in [2.24, 2.45) is 0 Å². The van der Waals surface area contributed by atoms with Gasteiger partial charge in [-0.05, 0) is 45.8 Å². The molecule has 2 heterocycles. The molecule has 5 rings (SSSR count). The second-order valence-corrected chi connectivity index (χ2v) is 8.62. The molecule has 0 fully saturated rings. The number of aliphatic carboxylic acids is 1. The number of nitrogens with one attached hydrogen (secondary N) is 1. The molecule has 7 heteroatoms. The van der Waals surface area contributed by atoms with Gasteiger partial charge in [0.2, 0.25) is 0 Å². The van der Waals surface area contributed by atoms with Crippen molar-refractivity contribution in [1.29, 1.82) is 0 Å². The van der Waals surface area contributed by atoms with Crippen LogP contribution < -0.4 is 5.32 Å². The van der Waals surface area contributed by atoms with E-state index in [2.05, 4.69) is 17.4 Å². The molecule has 0 aliphatic heterocycles. The number of benzene rings is 2. The third-order valence-electron chi connectivity index (χ3n) is 5.81.